The Balaban J connectivity index is 0. The van der Waals surface area contributed by atoms with Crippen LogP contribution in [0.2, 0.25) is 0 Å². The standard InChI is InChI=1S/4ClH.H2O.Sn.Zn.H/h4*1H;1H2;;;/q;;;;;;+2;/p-4. The van der Waals surface area contributed by atoms with Gasteiger partial charge < -0.3 is 55.1 Å². The van der Waals surface area contributed by atoms with E-state index >= 15 is 0 Å². The van der Waals surface area contributed by atoms with Crippen LogP contribution >= 0.6 is 0 Å². The summed E-state index contributed by atoms with van der Waals surface area (Å²) in [5.41, 5.74) is 0. The van der Waals surface area contributed by atoms with Gasteiger partial charge in [-0.15, -0.1) is 0 Å². The Hall–Kier alpha value is 2.54. The molecular formula is H3Cl4OSnZn-2. The summed E-state index contributed by atoms with van der Waals surface area (Å²) in [6.07, 6.45) is 0. The largest absolute Gasteiger partial charge is 2.00 e. The van der Waals surface area contributed by atoms with Crippen LogP contribution in [0.4, 0.5) is 0 Å². The van der Waals surface area contributed by atoms with Crippen LogP contribution < -0.4 is 49.6 Å². The summed E-state index contributed by atoms with van der Waals surface area (Å²) in [6, 6.07) is 0. The van der Waals surface area contributed by atoms with Gasteiger partial charge in [-0.25, -0.2) is 0 Å². The van der Waals surface area contributed by atoms with Gasteiger partial charge in [-0.3, -0.25) is 0 Å². The molecule has 1 nitrogen and oxygen atoms in total. The zero-order valence-corrected chi connectivity index (χ0v) is 12.6. The fourth-order valence-electron chi connectivity index (χ4n) is 0. The van der Waals surface area contributed by atoms with Gasteiger partial charge in [0.2, 0.25) is 0 Å². The molecule has 0 spiro atoms. The van der Waals surface area contributed by atoms with Gasteiger partial charge in [-0.2, -0.15) is 0 Å². The van der Waals surface area contributed by atoms with E-state index in [2.05, 4.69) is 0 Å². The van der Waals surface area contributed by atoms with Gasteiger partial charge in [-0.1, -0.05) is 0 Å². The summed E-state index contributed by atoms with van der Waals surface area (Å²) in [5.74, 6) is 0. The Morgan fingerprint density at radius 1 is 0.571 bits per heavy atom. The molecule has 0 aromatic heterocycles. The van der Waals surface area contributed by atoms with Gasteiger partial charge in [0.05, 0.1) is 0 Å². The van der Waals surface area contributed by atoms with Crippen molar-refractivity contribution in [3.05, 3.63) is 0 Å². The number of hydrogen-bond donors (Lipinski definition) is 0. The molecule has 0 aliphatic heterocycles. The molecule has 0 aromatic rings. The van der Waals surface area contributed by atoms with E-state index in [0.29, 0.717) is 0 Å². The fourth-order valence-corrected chi connectivity index (χ4v) is 0. The smallest absolute Gasteiger partial charge is 2.00 e. The zero-order valence-electron chi connectivity index (χ0n) is 3.30. The maximum Gasteiger partial charge on any atom is 2.00 e. The first-order valence-corrected chi connectivity index (χ1v) is 0. The second-order valence-corrected chi connectivity index (χ2v) is 0. The van der Waals surface area contributed by atoms with Gasteiger partial charge >= 0.3 is 43.4 Å². The number of halogens is 4. The summed E-state index contributed by atoms with van der Waals surface area (Å²) in [7, 11) is 0. The average Bonchev–Trinajstić information content (AvgIpc) is 0. The quantitative estimate of drug-likeness (QED) is 0.391. The molecule has 45 valence electrons. The summed E-state index contributed by atoms with van der Waals surface area (Å²) < 4.78 is 0. The van der Waals surface area contributed by atoms with Crippen LogP contribution in [0, 0.1) is 0 Å². The minimum absolute atomic E-state index is 0. The molecule has 7 heteroatoms. The molecule has 7 heavy (non-hydrogen) atoms. The molecule has 0 bridgehead atoms. The molecule has 0 saturated heterocycles. The molecular weight excluding hydrogens is 342 g/mol. The van der Waals surface area contributed by atoms with Crippen molar-refractivity contribution in [3.63, 3.8) is 0 Å². The predicted octanol–water partition coefficient (Wildman–Crippen LogP) is -13.5. The van der Waals surface area contributed by atoms with Crippen molar-refractivity contribution in [2.75, 3.05) is 0 Å². The van der Waals surface area contributed by atoms with Crippen molar-refractivity contribution in [1.29, 1.82) is 0 Å². The van der Waals surface area contributed by atoms with Crippen molar-refractivity contribution in [2.45, 2.75) is 0 Å². The van der Waals surface area contributed by atoms with E-state index in [1.165, 1.54) is 0 Å². The van der Waals surface area contributed by atoms with Crippen LogP contribution in [0.15, 0.2) is 0 Å². The summed E-state index contributed by atoms with van der Waals surface area (Å²) in [6.45, 7) is 0. The summed E-state index contributed by atoms with van der Waals surface area (Å²) >= 11 is 0. The van der Waals surface area contributed by atoms with E-state index in [9.17, 15) is 0 Å². The molecule has 2 N–H and O–H groups in total. The second kappa shape index (κ2) is 75.2. The summed E-state index contributed by atoms with van der Waals surface area (Å²) in [4.78, 5) is 0. The predicted molar refractivity (Wildman–Crippen MR) is 10.8 cm³/mol. The second-order valence-electron chi connectivity index (χ2n) is 0. The van der Waals surface area contributed by atoms with Gasteiger partial charge in [0.25, 0.3) is 0 Å². The maximum absolute atomic E-state index is 0. The summed E-state index contributed by atoms with van der Waals surface area (Å²) in [5, 5.41) is 0. The van der Waals surface area contributed by atoms with E-state index in [1.807, 2.05) is 0 Å². The Morgan fingerprint density at radius 2 is 0.571 bits per heavy atom. The van der Waals surface area contributed by atoms with Gasteiger partial charge in [0, 0.05) is 0 Å². The first kappa shape index (κ1) is 108. The number of hydrogen-bond acceptors (Lipinski definition) is 0. The maximum atomic E-state index is 0. The zero-order chi connectivity index (χ0) is 0. The third kappa shape index (κ3) is 56.6. The van der Waals surface area contributed by atoms with Gasteiger partial charge in [-0.05, 0) is 0 Å². The van der Waals surface area contributed by atoms with Crippen LogP contribution in [0.1, 0.15) is 0 Å². The van der Waals surface area contributed by atoms with E-state index < -0.39 is 0 Å². The molecule has 0 amide bonds. The SMILES string of the molecule is O.[Cl-].[Cl-].[Cl-].[Cl-].[SnH].[Zn+2]. The van der Waals surface area contributed by atoms with E-state index in [4.69, 9.17) is 0 Å². The third-order valence-corrected chi connectivity index (χ3v) is 0. The average molecular weight is 345 g/mol. The molecule has 0 unspecified atom stereocenters. The first-order valence-electron chi connectivity index (χ1n) is 0. The van der Waals surface area contributed by atoms with Crippen molar-refractivity contribution in [2.24, 2.45) is 0 Å². The Morgan fingerprint density at radius 3 is 0.571 bits per heavy atom. The Bertz CT molecular complexity index is 11.7. The molecule has 0 rings (SSSR count). The molecule has 0 aliphatic carbocycles. The molecule has 0 heterocycles. The van der Waals surface area contributed by atoms with Crippen LogP contribution in [-0.2, 0) is 19.5 Å². The first-order chi connectivity index (χ1) is 0. The van der Waals surface area contributed by atoms with Gasteiger partial charge in [0.15, 0.2) is 0 Å². The fraction of sp³-hybridized carbons (Fsp3) is 0. The molecule has 3 radical (unpaired) electrons. The van der Waals surface area contributed by atoms with E-state index in [0.717, 1.165) is 0 Å². The minimum Gasteiger partial charge on any atom is 2.00 e. The monoisotopic (exact) mass is 343 g/mol. The van der Waals surface area contributed by atoms with E-state index in [-0.39, 0.29) is 98.5 Å². The normalized spacial score (nSPS) is 0. The molecule has 0 aromatic carbocycles. The van der Waals surface area contributed by atoms with Crippen LogP contribution in [0.5, 0.6) is 0 Å². The topological polar surface area (TPSA) is 31.5 Å². The number of rotatable bonds is 0. The molecule has 0 saturated carbocycles. The third-order valence-electron chi connectivity index (χ3n) is 0. The minimum atomic E-state index is 0. The Kier molecular flexibility index (Phi) is 1160. The Labute approximate surface area is 97.4 Å². The van der Waals surface area contributed by atoms with Gasteiger partial charge in [0.1, 0.15) is 0 Å². The van der Waals surface area contributed by atoms with E-state index in [1.54, 1.807) is 0 Å². The van der Waals surface area contributed by atoms with Crippen molar-refractivity contribution in [1.82, 2.24) is 0 Å². The van der Waals surface area contributed by atoms with Crippen molar-refractivity contribution >= 4 is 23.9 Å². The van der Waals surface area contributed by atoms with Crippen LogP contribution in [-0.4, -0.2) is 29.4 Å². The van der Waals surface area contributed by atoms with Crippen molar-refractivity contribution in [3.8, 4) is 0 Å². The van der Waals surface area contributed by atoms with Crippen LogP contribution in [0.3, 0.4) is 0 Å². The van der Waals surface area contributed by atoms with Crippen LogP contribution in [0.25, 0.3) is 0 Å². The molecule has 0 aliphatic rings. The van der Waals surface area contributed by atoms with Crippen molar-refractivity contribution < 1.29 is 74.6 Å². The molecule has 0 fully saturated rings. The molecule has 0 atom stereocenters.